The Labute approximate surface area is 119 Å². The monoisotopic (exact) mass is 273 g/mol. The van der Waals surface area contributed by atoms with E-state index >= 15 is 0 Å². The third-order valence-electron chi connectivity index (χ3n) is 4.25. The van der Waals surface area contributed by atoms with Gasteiger partial charge in [-0.2, -0.15) is 0 Å². The third-order valence-corrected chi connectivity index (χ3v) is 4.25. The van der Waals surface area contributed by atoms with E-state index in [1.165, 1.54) is 19.4 Å². The summed E-state index contributed by atoms with van der Waals surface area (Å²) in [5, 5.41) is 8.56. The van der Waals surface area contributed by atoms with E-state index in [1.807, 2.05) is 22.7 Å². The lowest BCUT2D eigenvalue weighted by Gasteiger charge is -2.35. The Bertz CT molecular complexity index is 589. The fourth-order valence-corrected chi connectivity index (χ4v) is 3.08. The standard InChI is InChI=1S/C15H23N5/c1-11(2)19-7-3-4-12(9-19)8-15-18-17-14-6-5-13(16)10-20(14)15/h5-6,10-12H,3-4,7-9,16H2,1-2H3. The summed E-state index contributed by atoms with van der Waals surface area (Å²) in [5.41, 5.74) is 7.50. The zero-order valence-electron chi connectivity index (χ0n) is 12.3. The SMILES string of the molecule is CC(C)N1CCCC(Cc2nnc3ccc(N)cn23)C1. The van der Waals surface area contributed by atoms with Crippen LogP contribution in [0.25, 0.3) is 5.65 Å². The predicted octanol–water partition coefficient (Wildman–Crippen LogP) is 1.97. The number of rotatable bonds is 3. The number of likely N-dealkylation sites (tertiary alicyclic amines) is 1. The molecule has 0 radical (unpaired) electrons. The molecule has 0 aliphatic carbocycles. The number of piperidine rings is 1. The van der Waals surface area contributed by atoms with Crippen LogP contribution in [-0.2, 0) is 6.42 Å². The highest BCUT2D eigenvalue weighted by molar-refractivity contribution is 5.47. The number of nitrogens with zero attached hydrogens (tertiary/aromatic N) is 4. The quantitative estimate of drug-likeness (QED) is 0.929. The highest BCUT2D eigenvalue weighted by Crippen LogP contribution is 2.22. The maximum Gasteiger partial charge on any atom is 0.160 e. The number of pyridine rings is 1. The number of anilines is 1. The molecule has 1 atom stereocenters. The van der Waals surface area contributed by atoms with Gasteiger partial charge in [-0.05, 0) is 51.3 Å². The molecule has 5 heteroatoms. The van der Waals surface area contributed by atoms with Crippen LogP contribution in [0.1, 0.15) is 32.5 Å². The highest BCUT2D eigenvalue weighted by Gasteiger charge is 2.23. The molecule has 3 heterocycles. The molecule has 1 unspecified atom stereocenters. The van der Waals surface area contributed by atoms with Gasteiger partial charge in [0.25, 0.3) is 0 Å². The summed E-state index contributed by atoms with van der Waals surface area (Å²) in [6, 6.07) is 4.42. The number of nitrogens with two attached hydrogens (primary N) is 1. The van der Waals surface area contributed by atoms with Gasteiger partial charge in [-0.3, -0.25) is 4.40 Å². The molecule has 3 rings (SSSR count). The molecular formula is C15H23N5. The Morgan fingerprint density at radius 3 is 3.00 bits per heavy atom. The van der Waals surface area contributed by atoms with Gasteiger partial charge >= 0.3 is 0 Å². The maximum absolute atomic E-state index is 5.86. The molecule has 2 aromatic heterocycles. The molecule has 1 fully saturated rings. The summed E-state index contributed by atoms with van der Waals surface area (Å²) in [5.74, 6) is 1.70. The van der Waals surface area contributed by atoms with Crippen LogP contribution in [-0.4, -0.2) is 38.6 Å². The molecule has 2 N–H and O–H groups in total. The van der Waals surface area contributed by atoms with E-state index in [2.05, 4.69) is 28.9 Å². The van der Waals surface area contributed by atoms with Gasteiger partial charge in [-0.15, -0.1) is 10.2 Å². The van der Waals surface area contributed by atoms with E-state index in [1.54, 1.807) is 0 Å². The van der Waals surface area contributed by atoms with Crippen molar-refractivity contribution in [1.82, 2.24) is 19.5 Å². The number of hydrogen-bond donors (Lipinski definition) is 1. The number of nitrogen functional groups attached to an aromatic ring is 1. The van der Waals surface area contributed by atoms with Crippen LogP contribution in [0.2, 0.25) is 0 Å². The summed E-state index contributed by atoms with van der Waals surface area (Å²) in [6.07, 6.45) is 5.46. The van der Waals surface area contributed by atoms with Gasteiger partial charge < -0.3 is 10.6 Å². The van der Waals surface area contributed by atoms with E-state index in [0.717, 1.165) is 30.1 Å². The van der Waals surface area contributed by atoms with Gasteiger partial charge in [-0.25, -0.2) is 0 Å². The fraction of sp³-hybridized carbons (Fsp3) is 0.600. The third kappa shape index (κ3) is 2.63. The molecule has 0 spiro atoms. The molecule has 20 heavy (non-hydrogen) atoms. The average Bonchev–Trinajstić information content (AvgIpc) is 2.82. The van der Waals surface area contributed by atoms with Crippen LogP contribution in [0.5, 0.6) is 0 Å². The summed E-state index contributed by atoms with van der Waals surface area (Å²) >= 11 is 0. The summed E-state index contributed by atoms with van der Waals surface area (Å²) in [4.78, 5) is 2.56. The Balaban J connectivity index is 1.77. The first-order valence-electron chi connectivity index (χ1n) is 7.46. The second-order valence-corrected chi connectivity index (χ2v) is 6.11. The van der Waals surface area contributed by atoms with Crippen molar-refractivity contribution in [3.63, 3.8) is 0 Å². The second-order valence-electron chi connectivity index (χ2n) is 6.11. The van der Waals surface area contributed by atoms with Crippen LogP contribution in [0.4, 0.5) is 5.69 Å². The lowest BCUT2D eigenvalue weighted by molar-refractivity contribution is 0.138. The number of aromatic nitrogens is 3. The van der Waals surface area contributed by atoms with Crippen LogP contribution in [0.3, 0.4) is 0 Å². The minimum Gasteiger partial charge on any atom is -0.398 e. The molecule has 5 nitrogen and oxygen atoms in total. The van der Waals surface area contributed by atoms with E-state index in [4.69, 9.17) is 5.73 Å². The lowest BCUT2D eigenvalue weighted by atomic mass is 9.93. The summed E-state index contributed by atoms with van der Waals surface area (Å²) in [6.45, 7) is 6.93. The Kier molecular flexibility index (Phi) is 3.61. The van der Waals surface area contributed by atoms with Crippen molar-refractivity contribution in [2.45, 2.75) is 39.2 Å². The van der Waals surface area contributed by atoms with Crippen molar-refractivity contribution in [3.8, 4) is 0 Å². The number of fused-ring (bicyclic) bond motifs is 1. The van der Waals surface area contributed by atoms with Crippen LogP contribution >= 0.6 is 0 Å². The van der Waals surface area contributed by atoms with E-state index in [0.29, 0.717) is 12.0 Å². The van der Waals surface area contributed by atoms with Crippen molar-refractivity contribution >= 4 is 11.3 Å². The van der Waals surface area contributed by atoms with Crippen LogP contribution < -0.4 is 5.73 Å². The van der Waals surface area contributed by atoms with E-state index < -0.39 is 0 Å². The number of hydrogen-bond acceptors (Lipinski definition) is 4. The minimum absolute atomic E-state index is 0.628. The van der Waals surface area contributed by atoms with Crippen molar-refractivity contribution in [3.05, 3.63) is 24.2 Å². The summed E-state index contributed by atoms with van der Waals surface area (Å²) in [7, 11) is 0. The first kappa shape index (κ1) is 13.4. The molecule has 0 saturated carbocycles. The molecule has 108 valence electrons. The Morgan fingerprint density at radius 2 is 2.20 bits per heavy atom. The van der Waals surface area contributed by atoms with Gasteiger partial charge in [0.15, 0.2) is 5.65 Å². The normalized spacial score (nSPS) is 20.9. The zero-order valence-corrected chi connectivity index (χ0v) is 12.3. The smallest absolute Gasteiger partial charge is 0.160 e. The van der Waals surface area contributed by atoms with E-state index in [-0.39, 0.29) is 0 Å². The first-order chi connectivity index (χ1) is 9.63. The van der Waals surface area contributed by atoms with Crippen LogP contribution in [0, 0.1) is 5.92 Å². The predicted molar refractivity (Wildman–Crippen MR) is 80.5 cm³/mol. The minimum atomic E-state index is 0.628. The average molecular weight is 273 g/mol. The highest BCUT2D eigenvalue weighted by atomic mass is 15.2. The molecular weight excluding hydrogens is 250 g/mol. The Morgan fingerprint density at radius 1 is 1.35 bits per heavy atom. The first-order valence-corrected chi connectivity index (χ1v) is 7.46. The lowest BCUT2D eigenvalue weighted by Crippen LogP contribution is -2.40. The van der Waals surface area contributed by atoms with Gasteiger partial charge in [0.1, 0.15) is 5.82 Å². The molecule has 0 bridgehead atoms. The molecule has 1 aliphatic rings. The van der Waals surface area contributed by atoms with Crippen molar-refractivity contribution in [2.75, 3.05) is 18.8 Å². The molecule has 1 aliphatic heterocycles. The van der Waals surface area contributed by atoms with Crippen molar-refractivity contribution in [2.24, 2.45) is 5.92 Å². The Hall–Kier alpha value is -1.62. The van der Waals surface area contributed by atoms with Crippen molar-refractivity contribution in [1.29, 1.82) is 0 Å². The molecule has 2 aromatic rings. The molecule has 1 saturated heterocycles. The topological polar surface area (TPSA) is 59.5 Å². The van der Waals surface area contributed by atoms with Gasteiger partial charge in [0.05, 0.1) is 0 Å². The summed E-state index contributed by atoms with van der Waals surface area (Å²) < 4.78 is 2.03. The van der Waals surface area contributed by atoms with Crippen LogP contribution in [0.15, 0.2) is 18.3 Å². The van der Waals surface area contributed by atoms with Gasteiger partial charge in [0.2, 0.25) is 0 Å². The fourth-order valence-electron chi connectivity index (χ4n) is 3.08. The maximum atomic E-state index is 5.86. The van der Waals surface area contributed by atoms with Gasteiger partial charge in [-0.1, -0.05) is 0 Å². The van der Waals surface area contributed by atoms with Crippen molar-refractivity contribution < 1.29 is 0 Å². The molecule has 0 amide bonds. The largest absolute Gasteiger partial charge is 0.398 e. The van der Waals surface area contributed by atoms with E-state index in [9.17, 15) is 0 Å². The van der Waals surface area contributed by atoms with Gasteiger partial charge in [0, 0.05) is 30.9 Å². The molecule has 0 aromatic carbocycles. The second kappa shape index (κ2) is 5.40. The zero-order chi connectivity index (χ0) is 14.1.